The van der Waals surface area contributed by atoms with Crippen molar-refractivity contribution in [3.05, 3.63) is 71.6 Å². The second-order valence-electron chi connectivity index (χ2n) is 7.07. The zero-order valence-electron chi connectivity index (χ0n) is 16.4. The first-order chi connectivity index (χ1) is 14.1. The Morgan fingerprint density at radius 3 is 2.62 bits per heavy atom. The van der Waals surface area contributed by atoms with Crippen molar-refractivity contribution in [2.24, 2.45) is 0 Å². The predicted octanol–water partition coefficient (Wildman–Crippen LogP) is 5.23. The van der Waals surface area contributed by atoms with Crippen molar-refractivity contribution in [1.29, 1.82) is 0 Å². The van der Waals surface area contributed by atoms with Gasteiger partial charge in [-0.05, 0) is 36.6 Å². The number of hydrogen-bond donors (Lipinski definition) is 2. The maximum atomic E-state index is 9.66. The lowest BCUT2D eigenvalue weighted by Gasteiger charge is -2.16. The van der Waals surface area contributed by atoms with E-state index < -0.39 is 0 Å². The summed E-state index contributed by atoms with van der Waals surface area (Å²) >= 11 is 6.39. The van der Waals surface area contributed by atoms with Gasteiger partial charge in [0.05, 0.1) is 18.0 Å². The largest absolute Gasteiger partial charge is 0.394 e. The van der Waals surface area contributed by atoms with E-state index in [0.717, 1.165) is 39.8 Å². The quantitative estimate of drug-likeness (QED) is 0.460. The molecule has 2 N–H and O–H groups in total. The molecule has 6 heteroatoms. The van der Waals surface area contributed by atoms with Gasteiger partial charge in [0.25, 0.3) is 0 Å². The average Bonchev–Trinajstić information content (AvgIpc) is 3.15. The first-order valence-electron chi connectivity index (χ1n) is 9.67. The molecule has 0 saturated carbocycles. The molecule has 0 spiro atoms. The highest BCUT2D eigenvalue weighted by Gasteiger charge is 2.19. The Kier molecular flexibility index (Phi) is 5.51. The summed E-state index contributed by atoms with van der Waals surface area (Å²) in [5.74, 6) is 0.715. The Labute approximate surface area is 175 Å². The van der Waals surface area contributed by atoms with Crippen LogP contribution in [0.5, 0.6) is 0 Å². The van der Waals surface area contributed by atoms with Crippen LogP contribution in [0.2, 0.25) is 5.02 Å². The Morgan fingerprint density at radius 2 is 1.93 bits per heavy atom. The second-order valence-corrected chi connectivity index (χ2v) is 7.47. The van der Waals surface area contributed by atoms with Crippen LogP contribution in [0.1, 0.15) is 18.9 Å². The zero-order chi connectivity index (χ0) is 20.4. The number of benzene rings is 2. The Bertz CT molecular complexity index is 1140. The van der Waals surface area contributed by atoms with Crippen molar-refractivity contribution >= 4 is 28.5 Å². The molecule has 0 radical (unpaired) electrons. The van der Waals surface area contributed by atoms with Crippen molar-refractivity contribution in [3.8, 4) is 16.8 Å². The third-order valence-corrected chi connectivity index (χ3v) is 5.56. The summed E-state index contributed by atoms with van der Waals surface area (Å²) < 4.78 is 2.04. The van der Waals surface area contributed by atoms with Crippen LogP contribution in [0.4, 0.5) is 5.82 Å². The van der Waals surface area contributed by atoms with Gasteiger partial charge in [0.1, 0.15) is 12.1 Å². The molecular weight excluding hydrogens is 384 g/mol. The highest BCUT2D eigenvalue weighted by molar-refractivity contribution is 6.31. The van der Waals surface area contributed by atoms with E-state index in [1.165, 1.54) is 0 Å². The number of anilines is 1. The van der Waals surface area contributed by atoms with Crippen LogP contribution in [0.15, 0.2) is 61.1 Å². The van der Waals surface area contributed by atoms with Gasteiger partial charge in [0, 0.05) is 22.5 Å². The van der Waals surface area contributed by atoms with Crippen molar-refractivity contribution in [3.63, 3.8) is 0 Å². The molecule has 0 saturated heterocycles. The van der Waals surface area contributed by atoms with E-state index in [1.54, 1.807) is 6.33 Å². The number of nitrogens with one attached hydrogen (secondary N) is 1. The minimum Gasteiger partial charge on any atom is -0.394 e. The van der Waals surface area contributed by atoms with Crippen LogP contribution in [0, 0.1) is 6.92 Å². The van der Waals surface area contributed by atoms with E-state index >= 15 is 0 Å². The number of nitrogens with zero attached hydrogens (tertiary/aromatic N) is 3. The summed E-state index contributed by atoms with van der Waals surface area (Å²) in [5.41, 5.74) is 4.85. The normalized spacial score (nSPS) is 12.3. The summed E-state index contributed by atoms with van der Waals surface area (Å²) in [6.45, 7) is 4.06. The fourth-order valence-electron chi connectivity index (χ4n) is 3.41. The van der Waals surface area contributed by atoms with Gasteiger partial charge in [-0.25, -0.2) is 9.97 Å². The van der Waals surface area contributed by atoms with Gasteiger partial charge in [-0.15, -0.1) is 0 Å². The van der Waals surface area contributed by atoms with Crippen molar-refractivity contribution in [1.82, 2.24) is 14.5 Å². The summed E-state index contributed by atoms with van der Waals surface area (Å²) in [6, 6.07) is 16.1. The fourth-order valence-corrected chi connectivity index (χ4v) is 3.58. The number of aliphatic hydroxyl groups excluding tert-OH is 1. The summed E-state index contributed by atoms with van der Waals surface area (Å²) in [4.78, 5) is 9.08. The highest BCUT2D eigenvalue weighted by Crippen LogP contribution is 2.36. The second kappa shape index (κ2) is 8.23. The first kappa shape index (κ1) is 19.4. The molecule has 2 aromatic carbocycles. The van der Waals surface area contributed by atoms with Crippen LogP contribution in [0.3, 0.4) is 0 Å². The van der Waals surface area contributed by atoms with E-state index in [-0.39, 0.29) is 12.6 Å². The molecule has 1 unspecified atom stereocenters. The molecule has 0 fully saturated rings. The number of aliphatic hydroxyl groups is 1. The van der Waals surface area contributed by atoms with Gasteiger partial charge >= 0.3 is 0 Å². The molecule has 5 nitrogen and oxygen atoms in total. The summed E-state index contributed by atoms with van der Waals surface area (Å²) in [7, 11) is 0. The molecular formula is C23H23ClN4O. The molecule has 2 heterocycles. The number of rotatable bonds is 6. The molecule has 0 amide bonds. The van der Waals surface area contributed by atoms with E-state index in [0.29, 0.717) is 10.8 Å². The van der Waals surface area contributed by atoms with Gasteiger partial charge in [-0.3, -0.25) is 0 Å². The molecule has 1 atom stereocenters. The van der Waals surface area contributed by atoms with Crippen molar-refractivity contribution < 1.29 is 5.11 Å². The number of hydrogen-bond acceptors (Lipinski definition) is 4. The van der Waals surface area contributed by atoms with Crippen molar-refractivity contribution in [2.45, 2.75) is 26.3 Å². The minimum atomic E-state index is -0.0751. The van der Waals surface area contributed by atoms with Gasteiger partial charge in [0.2, 0.25) is 0 Å². The van der Waals surface area contributed by atoms with Crippen LogP contribution in [-0.2, 0) is 0 Å². The lowest BCUT2D eigenvalue weighted by atomic mass is 10.1. The van der Waals surface area contributed by atoms with Crippen molar-refractivity contribution in [2.75, 3.05) is 11.9 Å². The Hall–Kier alpha value is -2.89. The molecule has 29 heavy (non-hydrogen) atoms. The number of fused-ring (bicyclic) bond motifs is 1. The molecule has 4 aromatic rings. The molecule has 0 aliphatic heterocycles. The molecule has 0 aliphatic carbocycles. The molecule has 0 bridgehead atoms. The minimum absolute atomic E-state index is 0.0386. The van der Waals surface area contributed by atoms with Gasteiger partial charge in [-0.1, -0.05) is 54.9 Å². The van der Waals surface area contributed by atoms with Crippen LogP contribution in [-0.4, -0.2) is 32.3 Å². The number of halogens is 1. The maximum Gasteiger partial charge on any atom is 0.150 e. The standard InChI is InChI=1S/C23H23ClN4O/c1-3-17(13-29)27-22-21-19(16-7-5-4-6-8-16)12-28(23(21)26-14-25-22)18-10-9-15(2)20(24)11-18/h4-12,14,17,29H,3,13H2,1-2H3,(H,25,26,27). The number of aromatic nitrogens is 3. The topological polar surface area (TPSA) is 63.0 Å². The predicted molar refractivity (Wildman–Crippen MR) is 119 cm³/mol. The molecule has 4 rings (SSSR count). The SMILES string of the molecule is CCC(CO)Nc1ncnc2c1c(-c1ccccc1)cn2-c1ccc(C)c(Cl)c1. The monoisotopic (exact) mass is 406 g/mol. The van der Waals surface area contributed by atoms with Crippen LogP contribution >= 0.6 is 11.6 Å². The molecule has 0 aliphatic rings. The maximum absolute atomic E-state index is 9.66. The highest BCUT2D eigenvalue weighted by atomic mass is 35.5. The summed E-state index contributed by atoms with van der Waals surface area (Å²) in [6.07, 6.45) is 4.41. The first-order valence-corrected chi connectivity index (χ1v) is 10.1. The Morgan fingerprint density at radius 1 is 1.14 bits per heavy atom. The van der Waals surface area contributed by atoms with Crippen LogP contribution < -0.4 is 5.32 Å². The van der Waals surface area contributed by atoms with Gasteiger partial charge < -0.3 is 15.0 Å². The van der Waals surface area contributed by atoms with Gasteiger partial charge in [-0.2, -0.15) is 0 Å². The molecule has 148 valence electrons. The smallest absolute Gasteiger partial charge is 0.150 e. The fraction of sp³-hybridized carbons (Fsp3) is 0.217. The van der Waals surface area contributed by atoms with E-state index in [4.69, 9.17) is 11.6 Å². The molecule has 2 aromatic heterocycles. The third kappa shape index (κ3) is 3.71. The van der Waals surface area contributed by atoms with Gasteiger partial charge in [0.15, 0.2) is 5.65 Å². The zero-order valence-corrected chi connectivity index (χ0v) is 17.2. The lowest BCUT2D eigenvalue weighted by Crippen LogP contribution is -2.23. The third-order valence-electron chi connectivity index (χ3n) is 5.16. The average molecular weight is 407 g/mol. The van der Waals surface area contributed by atoms with Crippen LogP contribution in [0.25, 0.3) is 27.8 Å². The van der Waals surface area contributed by atoms with E-state index in [1.807, 2.05) is 54.8 Å². The van der Waals surface area contributed by atoms with E-state index in [9.17, 15) is 5.11 Å². The summed E-state index contributed by atoms with van der Waals surface area (Å²) in [5, 5.41) is 14.7. The van der Waals surface area contributed by atoms with E-state index in [2.05, 4.69) is 33.6 Å². The number of aryl methyl sites for hydroxylation is 1. The Balaban J connectivity index is 1.97. The lowest BCUT2D eigenvalue weighted by molar-refractivity contribution is 0.271.